The van der Waals surface area contributed by atoms with E-state index < -0.39 is 0 Å². The number of hydrogen-bond donors (Lipinski definition) is 1. The lowest BCUT2D eigenvalue weighted by atomic mass is 10.1. The Bertz CT molecular complexity index is 283. The number of halogens is 1. The molecule has 78 valence electrons. The molecule has 2 heterocycles. The normalized spacial score (nSPS) is 18.6. The Balaban J connectivity index is 1.76. The minimum absolute atomic E-state index is 0.615. The standard InChI is InChI=1S/C10H14ClNOS/c11-8-5-10(14-7-8)6-12-9-1-3-13-4-2-9/h5,7,9,12H,1-4,6H2. The Hall–Kier alpha value is -0.0900. The average Bonchev–Trinajstić information content (AvgIpc) is 2.63. The summed E-state index contributed by atoms with van der Waals surface area (Å²) in [6, 6.07) is 2.64. The third-order valence-electron chi connectivity index (χ3n) is 2.41. The topological polar surface area (TPSA) is 21.3 Å². The van der Waals surface area contributed by atoms with Crippen LogP contribution in [-0.4, -0.2) is 19.3 Å². The van der Waals surface area contributed by atoms with Gasteiger partial charge in [-0.1, -0.05) is 11.6 Å². The van der Waals surface area contributed by atoms with E-state index in [2.05, 4.69) is 5.32 Å². The van der Waals surface area contributed by atoms with Crippen LogP contribution >= 0.6 is 22.9 Å². The first-order chi connectivity index (χ1) is 6.84. The van der Waals surface area contributed by atoms with Gasteiger partial charge in [-0.05, 0) is 18.9 Å². The van der Waals surface area contributed by atoms with E-state index in [1.54, 1.807) is 11.3 Å². The van der Waals surface area contributed by atoms with Gasteiger partial charge in [-0.2, -0.15) is 0 Å². The van der Waals surface area contributed by atoms with Gasteiger partial charge in [0.1, 0.15) is 0 Å². The molecular formula is C10H14ClNOS. The first-order valence-electron chi connectivity index (χ1n) is 4.88. The molecule has 2 rings (SSSR count). The van der Waals surface area contributed by atoms with Crippen LogP contribution in [0.15, 0.2) is 11.4 Å². The lowest BCUT2D eigenvalue weighted by Crippen LogP contribution is -2.34. The highest BCUT2D eigenvalue weighted by atomic mass is 35.5. The summed E-state index contributed by atoms with van der Waals surface area (Å²) < 4.78 is 5.30. The van der Waals surface area contributed by atoms with Gasteiger partial charge in [0.05, 0.1) is 5.02 Å². The molecule has 0 amide bonds. The monoisotopic (exact) mass is 231 g/mol. The molecule has 1 aromatic rings. The number of hydrogen-bond acceptors (Lipinski definition) is 3. The number of rotatable bonds is 3. The zero-order valence-corrected chi connectivity index (χ0v) is 9.53. The average molecular weight is 232 g/mol. The highest BCUT2D eigenvalue weighted by molar-refractivity contribution is 7.10. The fraction of sp³-hybridized carbons (Fsp3) is 0.600. The molecule has 0 spiro atoms. The second kappa shape index (κ2) is 5.12. The Labute approximate surface area is 93.2 Å². The van der Waals surface area contributed by atoms with Crippen molar-refractivity contribution in [1.29, 1.82) is 0 Å². The predicted octanol–water partition coefficient (Wildman–Crippen LogP) is 2.67. The molecule has 0 unspecified atom stereocenters. The fourth-order valence-corrected chi connectivity index (χ4v) is 2.62. The molecule has 1 aliphatic rings. The Morgan fingerprint density at radius 2 is 2.29 bits per heavy atom. The van der Waals surface area contributed by atoms with E-state index >= 15 is 0 Å². The first-order valence-corrected chi connectivity index (χ1v) is 6.14. The van der Waals surface area contributed by atoms with E-state index in [1.807, 2.05) is 11.4 Å². The van der Waals surface area contributed by atoms with Gasteiger partial charge in [-0.15, -0.1) is 11.3 Å². The third-order valence-corrected chi connectivity index (χ3v) is 3.69. The van der Waals surface area contributed by atoms with Crippen LogP contribution in [-0.2, 0) is 11.3 Å². The van der Waals surface area contributed by atoms with Gasteiger partial charge < -0.3 is 10.1 Å². The third kappa shape index (κ3) is 2.95. The fourth-order valence-electron chi connectivity index (χ4n) is 1.59. The van der Waals surface area contributed by atoms with E-state index in [0.29, 0.717) is 6.04 Å². The largest absolute Gasteiger partial charge is 0.381 e. The van der Waals surface area contributed by atoms with Crippen LogP contribution in [0, 0.1) is 0 Å². The summed E-state index contributed by atoms with van der Waals surface area (Å²) >= 11 is 7.56. The molecule has 14 heavy (non-hydrogen) atoms. The minimum atomic E-state index is 0.615. The molecule has 1 saturated heterocycles. The molecule has 0 bridgehead atoms. The van der Waals surface area contributed by atoms with Crippen molar-refractivity contribution in [3.63, 3.8) is 0 Å². The molecule has 0 radical (unpaired) electrons. The summed E-state index contributed by atoms with van der Waals surface area (Å²) in [5, 5.41) is 6.34. The lowest BCUT2D eigenvalue weighted by molar-refractivity contribution is 0.0777. The van der Waals surface area contributed by atoms with E-state index in [-0.39, 0.29) is 0 Å². The van der Waals surface area contributed by atoms with Gasteiger partial charge in [-0.25, -0.2) is 0 Å². The minimum Gasteiger partial charge on any atom is -0.381 e. The van der Waals surface area contributed by atoms with Crippen molar-refractivity contribution >= 4 is 22.9 Å². The quantitative estimate of drug-likeness (QED) is 0.864. The zero-order valence-electron chi connectivity index (χ0n) is 7.96. The summed E-state index contributed by atoms with van der Waals surface area (Å²) in [4.78, 5) is 1.31. The van der Waals surface area contributed by atoms with Crippen molar-refractivity contribution < 1.29 is 4.74 Å². The van der Waals surface area contributed by atoms with Crippen LogP contribution in [0.4, 0.5) is 0 Å². The van der Waals surface area contributed by atoms with Crippen LogP contribution in [0.25, 0.3) is 0 Å². The van der Waals surface area contributed by atoms with Crippen molar-refractivity contribution in [2.75, 3.05) is 13.2 Å². The van der Waals surface area contributed by atoms with Crippen molar-refractivity contribution in [1.82, 2.24) is 5.32 Å². The van der Waals surface area contributed by atoms with E-state index in [9.17, 15) is 0 Å². The van der Waals surface area contributed by atoms with Crippen LogP contribution in [0.3, 0.4) is 0 Å². The highest BCUT2D eigenvalue weighted by Gasteiger charge is 2.12. The van der Waals surface area contributed by atoms with Crippen LogP contribution in [0.1, 0.15) is 17.7 Å². The summed E-state index contributed by atoms with van der Waals surface area (Å²) in [6.07, 6.45) is 2.25. The zero-order chi connectivity index (χ0) is 9.80. The molecule has 4 heteroatoms. The van der Waals surface area contributed by atoms with Gasteiger partial charge in [0, 0.05) is 36.1 Å². The lowest BCUT2D eigenvalue weighted by Gasteiger charge is -2.22. The maximum atomic E-state index is 5.84. The molecule has 1 aliphatic heterocycles. The van der Waals surface area contributed by atoms with E-state index in [1.165, 1.54) is 4.88 Å². The summed E-state index contributed by atoms with van der Waals surface area (Å²) in [6.45, 7) is 2.72. The van der Waals surface area contributed by atoms with Gasteiger partial charge in [0.25, 0.3) is 0 Å². The molecule has 1 aromatic heterocycles. The molecule has 1 N–H and O–H groups in total. The first kappa shape index (κ1) is 10.4. The van der Waals surface area contributed by atoms with Crippen LogP contribution in [0.5, 0.6) is 0 Å². The SMILES string of the molecule is Clc1csc(CNC2CCOCC2)c1. The smallest absolute Gasteiger partial charge is 0.0516 e. The molecule has 0 aliphatic carbocycles. The van der Waals surface area contributed by atoms with Gasteiger partial charge in [0.2, 0.25) is 0 Å². The van der Waals surface area contributed by atoms with Crippen molar-refractivity contribution in [3.8, 4) is 0 Å². The van der Waals surface area contributed by atoms with Gasteiger partial charge in [-0.3, -0.25) is 0 Å². The molecule has 2 nitrogen and oxygen atoms in total. The summed E-state index contributed by atoms with van der Waals surface area (Å²) in [5.41, 5.74) is 0. The Morgan fingerprint density at radius 1 is 1.50 bits per heavy atom. The maximum Gasteiger partial charge on any atom is 0.0516 e. The second-order valence-corrected chi connectivity index (χ2v) is 4.93. The second-order valence-electron chi connectivity index (χ2n) is 3.50. The van der Waals surface area contributed by atoms with Crippen molar-refractivity contribution in [2.45, 2.75) is 25.4 Å². The number of nitrogens with one attached hydrogen (secondary N) is 1. The maximum absolute atomic E-state index is 5.84. The van der Waals surface area contributed by atoms with E-state index in [0.717, 1.165) is 37.6 Å². The van der Waals surface area contributed by atoms with Gasteiger partial charge >= 0.3 is 0 Å². The Kier molecular flexibility index (Phi) is 3.81. The van der Waals surface area contributed by atoms with E-state index in [4.69, 9.17) is 16.3 Å². The van der Waals surface area contributed by atoms with Crippen LogP contribution in [0.2, 0.25) is 5.02 Å². The molecule has 0 saturated carbocycles. The van der Waals surface area contributed by atoms with Crippen LogP contribution < -0.4 is 5.32 Å². The number of thiophene rings is 1. The summed E-state index contributed by atoms with van der Waals surface area (Å²) in [5.74, 6) is 0. The van der Waals surface area contributed by atoms with Crippen molar-refractivity contribution in [3.05, 3.63) is 21.3 Å². The predicted molar refractivity (Wildman–Crippen MR) is 60.0 cm³/mol. The van der Waals surface area contributed by atoms with Gasteiger partial charge in [0.15, 0.2) is 0 Å². The molecule has 0 aromatic carbocycles. The molecule has 0 atom stereocenters. The molecule has 1 fully saturated rings. The summed E-state index contributed by atoms with van der Waals surface area (Å²) in [7, 11) is 0. The number of ether oxygens (including phenoxy) is 1. The Morgan fingerprint density at radius 3 is 2.93 bits per heavy atom. The molecular weight excluding hydrogens is 218 g/mol. The van der Waals surface area contributed by atoms with Crippen molar-refractivity contribution in [2.24, 2.45) is 0 Å². The highest BCUT2D eigenvalue weighted by Crippen LogP contribution is 2.19.